The average Bonchev–Trinajstić information content (AvgIpc) is 2.88. The van der Waals surface area contributed by atoms with Gasteiger partial charge in [0.15, 0.2) is 0 Å². The van der Waals surface area contributed by atoms with Gasteiger partial charge in [0.25, 0.3) is 0 Å². The highest BCUT2D eigenvalue weighted by Gasteiger charge is 2.27. The molecule has 1 aromatic carbocycles. The van der Waals surface area contributed by atoms with Crippen LogP contribution in [0.2, 0.25) is 0 Å². The zero-order valence-corrected chi connectivity index (χ0v) is 9.10. The lowest BCUT2D eigenvalue weighted by atomic mass is 9.92. The normalized spacial score (nSPS) is 17.8. The Morgan fingerprint density at radius 3 is 3.12 bits per heavy atom. The van der Waals surface area contributed by atoms with Crippen LogP contribution in [0.25, 0.3) is 0 Å². The molecule has 0 N–H and O–H groups in total. The maximum Gasteiger partial charge on any atom is 0.128 e. The van der Waals surface area contributed by atoms with Crippen LogP contribution in [0.15, 0.2) is 30.7 Å². The molecule has 0 saturated carbocycles. The van der Waals surface area contributed by atoms with E-state index in [1.165, 1.54) is 6.07 Å². The molecular weight excluding hydrogens is 217 g/mol. The maximum atomic E-state index is 13.8. The summed E-state index contributed by atoms with van der Waals surface area (Å²) in [5, 5.41) is 9.03. The Morgan fingerprint density at radius 1 is 1.47 bits per heavy atom. The van der Waals surface area contributed by atoms with Gasteiger partial charge in [0, 0.05) is 29.9 Å². The van der Waals surface area contributed by atoms with Crippen LogP contribution in [0.4, 0.5) is 4.39 Å². The largest absolute Gasteiger partial charge is 0.334 e. The van der Waals surface area contributed by atoms with E-state index in [0.717, 1.165) is 12.1 Å². The third-order valence-corrected chi connectivity index (χ3v) is 3.25. The molecule has 0 bridgehead atoms. The molecule has 0 amide bonds. The summed E-state index contributed by atoms with van der Waals surface area (Å²) >= 11 is 0. The Balaban J connectivity index is 2.02. The molecular formula is C13H10FN3. The maximum absolute atomic E-state index is 13.8. The first kappa shape index (κ1) is 10.0. The number of halogens is 1. The van der Waals surface area contributed by atoms with Crippen molar-refractivity contribution < 1.29 is 4.39 Å². The SMILES string of the molecule is N#Cc1cccc(F)c1C1Cc2cncn2C1. The summed E-state index contributed by atoms with van der Waals surface area (Å²) in [4.78, 5) is 4.04. The monoisotopic (exact) mass is 227 g/mol. The summed E-state index contributed by atoms with van der Waals surface area (Å²) in [7, 11) is 0. The summed E-state index contributed by atoms with van der Waals surface area (Å²) in [6, 6.07) is 6.73. The van der Waals surface area contributed by atoms with Gasteiger partial charge in [0.05, 0.1) is 18.0 Å². The number of nitrogens with zero attached hydrogens (tertiary/aromatic N) is 3. The van der Waals surface area contributed by atoms with Gasteiger partial charge in [-0.05, 0) is 18.6 Å². The van der Waals surface area contributed by atoms with Gasteiger partial charge in [-0.15, -0.1) is 0 Å². The molecule has 0 radical (unpaired) electrons. The fourth-order valence-electron chi connectivity index (χ4n) is 2.48. The van der Waals surface area contributed by atoms with Gasteiger partial charge < -0.3 is 4.57 Å². The number of hydrogen-bond acceptors (Lipinski definition) is 2. The molecule has 0 saturated heterocycles. The zero-order chi connectivity index (χ0) is 11.8. The van der Waals surface area contributed by atoms with Crippen LogP contribution in [0, 0.1) is 17.1 Å². The molecule has 2 aromatic rings. The van der Waals surface area contributed by atoms with Crippen molar-refractivity contribution in [3.8, 4) is 6.07 Å². The molecule has 3 rings (SSSR count). The first-order chi connectivity index (χ1) is 8.29. The van der Waals surface area contributed by atoms with Crippen molar-refractivity contribution in [2.45, 2.75) is 18.9 Å². The highest BCUT2D eigenvalue weighted by atomic mass is 19.1. The standard InChI is InChI=1S/C13H10FN3/c14-12-3-1-2-9(5-15)13(12)10-4-11-6-16-8-17(11)7-10/h1-3,6,8,10H,4,7H2. The fourth-order valence-corrected chi connectivity index (χ4v) is 2.48. The molecule has 1 atom stereocenters. The number of imidazole rings is 1. The van der Waals surface area contributed by atoms with Crippen molar-refractivity contribution in [3.05, 3.63) is 53.4 Å². The third kappa shape index (κ3) is 1.51. The minimum absolute atomic E-state index is 0.0452. The quantitative estimate of drug-likeness (QED) is 0.749. The van der Waals surface area contributed by atoms with E-state index >= 15 is 0 Å². The van der Waals surface area contributed by atoms with Crippen molar-refractivity contribution in [2.24, 2.45) is 0 Å². The van der Waals surface area contributed by atoms with Crippen LogP contribution in [-0.2, 0) is 13.0 Å². The molecule has 1 unspecified atom stereocenters. The molecule has 2 heterocycles. The molecule has 1 aliphatic heterocycles. The fraction of sp³-hybridized carbons (Fsp3) is 0.231. The van der Waals surface area contributed by atoms with Gasteiger partial charge in [0.2, 0.25) is 0 Å². The van der Waals surface area contributed by atoms with E-state index in [2.05, 4.69) is 11.1 Å². The molecule has 84 valence electrons. The van der Waals surface area contributed by atoms with Crippen LogP contribution < -0.4 is 0 Å². The van der Waals surface area contributed by atoms with Crippen LogP contribution in [0.1, 0.15) is 22.7 Å². The first-order valence-corrected chi connectivity index (χ1v) is 5.47. The Hall–Kier alpha value is -2.15. The van der Waals surface area contributed by atoms with Crippen molar-refractivity contribution in [2.75, 3.05) is 0 Å². The second-order valence-electron chi connectivity index (χ2n) is 4.25. The molecule has 17 heavy (non-hydrogen) atoms. The first-order valence-electron chi connectivity index (χ1n) is 5.47. The predicted octanol–water partition coefficient (Wildman–Crippen LogP) is 2.23. The molecule has 1 aliphatic rings. The molecule has 1 aromatic heterocycles. The number of fused-ring (bicyclic) bond motifs is 1. The smallest absolute Gasteiger partial charge is 0.128 e. The van der Waals surface area contributed by atoms with E-state index in [-0.39, 0.29) is 11.7 Å². The molecule has 4 heteroatoms. The van der Waals surface area contributed by atoms with E-state index in [4.69, 9.17) is 5.26 Å². The third-order valence-electron chi connectivity index (χ3n) is 3.25. The molecule has 0 aliphatic carbocycles. The molecule has 3 nitrogen and oxygen atoms in total. The summed E-state index contributed by atoms with van der Waals surface area (Å²) in [6.45, 7) is 0.699. The van der Waals surface area contributed by atoms with Gasteiger partial charge in [0.1, 0.15) is 5.82 Å². The van der Waals surface area contributed by atoms with E-state index in [0.29, 0.717) is 17.7 Å². The van der Waals surface area contributed by atoms with Gasteiger partial charge in [-0.2, -0.15) is 5.26 Å². The van der Waals surface area contributed by atoms with E-state index in [1.54, 1.807) is 24.7 Å². The Bertz CT molecular complexity index is 589. The van der Waals surface area contributed by atoms with Crippen molar-refractivity contribution >= 4 is 0 Å². The second-order valence-corrected chi connectivity index (χ2v) is 4.25. The lowest BCUT2D eigenvalue weighted by Crippen LogP contribution is -2.06. The van der Waals surface area contributed by atoms with E-state index in [1.807, 2.05) is 4.57 Å². The second kappa shape index (κ2) is 3.70. The highest BCUT2D eigenvalue weighted by Crippen LogP contribution is 2.32. The minimum atomic E-state index is -0.284. The average molecular weight is 227 g/mol. The predicted molar refractivity (Wildman–Crippen MR) is 59.8 cm³/mol. The topological polar surface area (TPSA) is 41.6 Å². The van der Waals surface area contributed by atoms with Crippen LogP contribution in [-0.4, -0.2) is 9.55 Å². The van der Waals surface area contributed by atoms with Crippen LogP contribution in [0.5, 0.6) is 0 Å². The van der Waals surface area contributed by atoms with Crippen LogP contribution >= 0.6 is 0 Å². The number of aromatic nitrogens is 2. The van der Waals surface area contributed by atoms with Gasteiger partial charge in [-0.1, -0.05) is 6.07 Å². The number of rotatable bonds is 1. The number of benzene rings is 1. The van der Waals surface area contributed by atoms with Gasteiger partial charge >= 0.3 is 0 Å². The number of hydrogen-bond donors (Lipinski definition) is 0. The summed E-state index contributed by atoms with van der Waals surface area (Å²) in [5.74, 6) is -0.239. The summed E-state index contributed by atoms with van der Waals surface area (Å²) in [6.07, 6.45) is 4.30. The Labute approximate surface area is 98.1 Å². The number of nitriles is 1. The summed E-state index contributed by atoms with van der Waals surface area (Å²) in [5.41, 5.74) is 2.08. The van der Waals surface area contributed by atoms with Crippen LogP contribution in [0.3, 0.4) is 0 Å². The lowest BCUT2D eigenvalue weighted by Gasteiger charge is -2.12. The van der Waals surface area contributed by atoms with E-state index in [9.17, 15) is 4.39 Å². The van der Waals surface area contributed by atoms with Gasteiger partial charge in [-0.25, -0.2) is 9.37 Å². The highest BCUT2D eigenvalue weighted by molar-refractivity contribution is 5.42. The molecule has 0 fully saturated rings. The summed E-state index contributed by atoms with van der Waals surface area (Å²) < 4.78 is 15.9. The zero-order valence-electron chi connectivity index (χ0n) is 9.10. The minimum Gasteiger partial charge on any atom is -0.334 e. The Kier molecular flexibility index (Phi) is 2.19. The molecule has 0 spiro atoms. The lowest BCUT2D eigenvalue weighted by molar-refractivity contribution is 0.563. The van der Waals surface area contributed by atoms with Crippen molar-refractivity contribution in [1.82, 2.24) is 9.55 Å². The van der Waals surface area contributed by atoms with Crippen molar-refractivity contribution in [1.29, 1.82) is 5.26 Å². The van der Waals surface area contributed by atoms with Crippen molar-refractivity contribution in [3.63, 3.8) is 0 Å². The van der Waals surface area contributed by atoms with E-state index < -0.39 is 0 Å². The Morgan fingerprint density at radius 2 is 2.35 bits per heavy atom. The van der Waals surface area contributed by atoms with Gasteiger partial charge in [-0.3, -0.25) is 0 Å².